The van der Waals surface area contributed by atoms with E-state index < -0.39 is 0 Å². The number of hydrogen-bond acceptors (Lipinski definition) is 1. The average Bonchev–Trinajstić information content (AvgIpc) is 2.73. The van der Waals surface area contributed by atoms with E-state index >= 15 is 0 Å². The van der Waals surface area contributed by atoms with Crippen LogP contribution in [0.25, 0.3) is 0 Å². The molecule has 0 aliphatic heterocycles. The molecule has 1 aromatic rings. The normalized spacial score (nSPS) is 26.8. The second kappa shape index (κ2) is 6.00. The van der Waals surface area contributed by atoms with Crippen LogP contribution in [0.5, 0.6) is 0 Å². The van der Waals surface area contributed by atoms with Gasteiger partial charge in [-0.1, -0.05) is 13.8 Å². The van der Waals surface area contributed by atoms with Crippen molar-refractivity contribution in [3.63, 3.8) is 0 Å². The lowest BCUT2D eigenvalue weighted by molar-refractivity contribution is 0.317. The fraction of sp³-hybridized carbons (Fsp3) is 0.625. The third kappa shape index (κ3) is 3.75. The van der Waals surface area contributed by atoms with E-state index in [1.807, 2.05) is 0 Å². The molecule has 2 rings (SSSR count). The minimum atomic E-state index is -0.348. The summed E-state index contributed by atoms with van der Waals surface area (Å²) in [5.74, 6) is -0.633. The van der Waals surface area contributed by atoms with E-state index in [4.69, 9.17) is 0 Å². The van der Waals surface area contributed by atoms with Gasteiger partial charge in [0.15, 0.2) is 0 Å². The number of halogens is 2. The first-order valence-corrected chi connectivity index (χ1v) is 7.20. The Hall–Kier alpha value is -0.960. The van der Waals surface area contributed by atoms with Crippen LogP contribution in [0.2, 0.25) is 0 Å². The SMILES string of the molecule is CCCNC1CCC(C)(Cc2cc(F)ccc2F)C1. The van der Waals surface area contributed by atoms with Gasteiger partial charge in [-0.3, -0.25) is 0 Å². The second-order valence-corrected chi connectivity index (χ2v) is 6.12. The summed E-state index contributed by atoms with van der Waals surface area (Å²) in [5.41, 5.74) is 0.596. The molecule has 3 heteroatoms. The lowest BCUT2D eigenvalue weighted by Crippen LogP contribution is -2.29. The van der Waals surface area contributed by atoms with E-state index in [0.29, 0.717) is 18.0 Å². The van der Waals surface area contributed by atoms with Crippen molar-refractivity contribution in [2.45, 2.75) is 52.0 Å². The predicted molar refractivity (Wildman–Crippen MR) is 74.1 cm³/mol. The standard InChI is InChI=1S/C16H23F2N/c1-3-8-19-14-6-7-16(2,11-14)10-12-9-13(17)4-5-15(12)18/h4-5,9,14,19H,3,6-8,10-11H2,1-2H3. The molecule has 1 saturated carbocycles. The van der Waals surface area contributed by atoms with E-state index in [2.05, 4.69) is 19.2 Å². The summed E-state index contributed by atoms with van der Waals surface area (Å²) >= 11 is 0. The molecule has 0 bridgehead atoms. The second-order valence-electron chi connectivity index (χ2n) is 6.12. The molecule has 106 valence electrons. The van der Waals surface area contributed by atoms with Gasteiger partial charge in [0.25, 0.3) is 0 Å². The molecule has 19 heavy (non-hydrogen) atoms. The van der Waals surface area contributed by atoms with Crippen LogP contribution in [0.15, 0.2) is 18.2 Å². The smallest absolute Gasteiger partial charge is 0.126 e. The molecular formula is C16H23F2N. The predicted octanol–water partition coefficient (Wildman–Crippen LogP) is 4.07. The van der Waals surface area contributed by atoms with Crippen molar-refractivity contribution in [3.8, 4) is 0 Å². The first-order chi connectivity index (χ1) is 9.02. The van der Waals surface area contributed by atoms with Crippen LogP contribution in [-0.4, -0.2) is 12.6 Å². The van der Waals surface area contributed by atoms with Crippen LogP contribution in [0.1, 0.15) is 45.1 Å². The quantitative estimate of drug-likeness (QED) is 0.848. The third-order valence-corrected chi connectivity index (χ3v) is 4.14. The molecule has 1 aliphatic carbocycles. The van der Waals surface area contributed by atoms with Gasteiger partial charge in [-0.15, -0.1) is 0 Å². The Kier molecular flexibility index (Phi) is 4.56. The van der Waals surface area contributed by atoms with Gasteiger partial charge in [-0.25, -0.2) is 8.78 Å². The van der Waals surface area contributed by atoms with Crippen molar-refractivity contribution in [1.29, 1.82) is 0 Å². The summed E-state index contributed by atoms with van der Waals surface area (Å²) in [6, 6.07) is 4.28. The van der Waals surface area contributed by atoms with Gasteiger partial charge in [0, 0.05) is 6.04 Å². The Labute approximate surface area is 114 Å². The maximum atomic E-state index is 13.7. The number of hydrogen-bond donors (Lipinski definition) is 1. The Balaban J connectivity index is 2.00. The van der Waals surface area contributed by atoms with Crippen molar-refractivity contribution in [1.82, 2.24) is 5.32 Å². The van der Waals surface area contributed by atoms with E-state index in [1.54, 1.807) is 0 Å². The van der Waals surface area contributed by atoms with Crippen LogP contribution >= 0.6 is 0 Å². The van der Waals surface area contributed by atoms with Gasteiger partial charge < -0.3 is 5.32 Å². The zero-order valence-corrected chi connectivity index (χ0v) is 11.8. The third-order valence-electron chi connectivity index (χ3n) is 4.14. The maximum Gasteiger partial charge on any atom is 0.126 e. The van der Waals surface area contributed by atoms with Gasteiger partial charge in [-0.05, 0) is 67.8 Å². The van der Waals surface area contributed by atoms with Crippen molar-refractivity contribution < 1.29 is 8.78 Å². The summed E-state index contributed by atoms with van der Waals surface area (Å²) in [7, 11) is 0. The highest BCUT2D eigenvalue weighted by Gasteiger charge is 2.35. The van der Waals surface area contributed by atoms with Crippen LogP contribution in [-0.2, 0) is 6.42 Å². The zero-order chi connectivity index (χ0) is 13.9. The van der Waals surface area contributed by atoms with Gasteiger partial charge in [0.2, 0.25) is 0 Å². The van der Waals surface area contributed by atoms with E-state index in [9.17, 15) is 8.78 Å². The maximum absolute atomic E-state index is 13.7. The largest absolute Gasteiger partial charge is 0.314 e. The lowest BCUT2D eigenvalue weighted by atomic mass is 9.82. The van der Waals surface area contributed by atoms with Gasteiger partial charge in [0.05, 0.1) is 0 Å². The van der Waals surface area contributed by atoms with Crippen molar-refractivity contribution in [2.24, 2.45) is 5.41 Å². The average molecular weight is 267 g/mol. The number of benzene rings is 1. The zero-order valence-electron chi connectivity index (χ0n) is 11.8. The first kappa shape index (κ1) is 14.4. The molecule has 0 saturated heterocycles. The summed E-state index contributed by atoms with van der Waals surface area (Å²) in [6.45, 7) is 5.38. The molecule has 1 nitrogen and oxygen atoms in total. The van der Waals surface area contributed by atoms with E-state index in [-0.39, 0.29) is 17.0 Å². The highest BCUT2D eigenvalue weighted by atomic mass is 19.1. The summed E-state index contributed by atoms with van der Waals surface area (Å²) in [4.78, 5) is 0. The van der Waals surface area contributed by atoms with Crippen LogP contribution < -0.4 is 5.32 Å². The molecule has 1 aromatic carbocycles. The molecule has 0 radical (unpaired) electrons. The first-order valence-electron chi connectivity index (χ1n) is 7.20. The van der Waals surface area contributed by atoms with Crippen LogP contribution in [0.4, 0.5) is 8.78 Å². The highest BCUT2D eigenvalue weighted by Crippen LogP contribution is 2.41. The van der Waals surface area contributed by atoms with E-state index in [1.165, 1.54) is 18.2 Å². The molecular weight excluding hydrogens is 244 g/mol. The summed E-state index contributed by atoms with van der Waals surface area (Å²) in [6.07, 6.45) is 5.01. The molecule has 1 N–H and O–H groups in total. The minimum Gasteiger partial charge on any atom is -0.314 e. The summed E-state index contributed by atoms with van der Waals surface area (Å²) < 4.78 is 26.9. The molecule has 0 heterocycles. The van der Waals surface area contributed by atoms with Gasteiger partial charge in [0.1, 0.15) is 11.6 Å². The van der Waals surface area contributed by atoms with Gasteiger partial charge >= 0.3 is 0 Å². The molecule has 1 aliphatic rings. The fourth-order valence-electron chi connectivity index (χ4n) is 3.14. The molecule has 0 aromatic heterocycles. The molecule has 2 atom stereocenters. The molecule has 2 unspecified atom stereocenters. The highest BCUT2D eigenvalue weighted by molar-refractivity contribution is 5.20. The Bertz CT molecular complexity index is 433. The van der Waals surface area contributed by atoms with Crippen molar-refractivity contribution in [2.75, 3.05) is 6.54 Å². The van der Waals surface area contributed by atoms with Crippen molar-refractivity contribution in [3.05, 3.63) is 35.4 Å². The van der Waals surface area contributed by atoms with Crippen LogP contribution in [0.3, 0.4) is 0 Å². The number of rotatable bonds is 5. The van der Waals surface area contributed by atoms with Gasteiger partial charge in [-0.2, -0.15) is 0 Å². The van der Waals surface area contributed by atoms with Crippen LogP contribution in [0, 0.1) is 17.0 Å². The molecule has 0 amide bonds. The Morgan fingerprint density at radius 3 is 2.89 bits per heavy atom. The topological polar surface area (TPSA) is 12.0 Å². The minimum absolute atomic E-state index is 0.0834. The Morgan fingerprint density at radius 1 is 1.37 bits per heavy atom. The van der Waals surface area contributed by atoms with Crippen molar-refractivity contribution >= 4 is 0 Å². The van der Waals surface area contributed by atoms with E-state index in [0.717, 1.165) is 32.2 Å². The Morgan fingerprint density at radius 2 is 2.16 bits per heavy atom. The fourth-order valence-corrected chi connectivity index (χ4v) is 3.14. The monoisotopic (exact) mass is 267 g/mol. The lowest BCUT2D eigenvalue weighted by Gasteiger charge is -2.25. The molecule has 0 spiro atoms. The summed E-state index contributed by atoms with van der Waals surface area (Å²) in [5, 5.41) is 3.53. The number of nitrogens with one attached hydrogen (secondary N) is 1. The molecule has 1 fully saturated rings.